The summed E-state index contributed by atoms with van der Waals surface area (Å²) in [6.07, 6.45) is 0. The highest BCUT2D eigenvalue weighted by atomic mass is 127. The van der Waals surface area contributed by atoms with Gasteiger partial charge in [0, 0.05) is 9.64 Å². The summed E-state index contributed by atoms with van der Waals surface area (Å²) >= 11 is 2.18. The molecule has 22 heavy (non-hydrogen) atoms. The van der Waals surface area contributed by atoms with E-state index in [4.69, 9.17) is 19.5 Å². The number of nitriles is 1. The Kier molecular flexibility index (Phi) is 5.61. The average molecular weight is 409 g/mol. The van der Waals surface area contributed by atoms with E-state index in [0.29, 0.717) is 17.1 Å². The van der Waals surface area contributed by atoms with Crippen molar-refractivity contribution in [3.8, 4) is 23.3 Å². The highest BCUT2D eigenvalue weighted by Crippen LogP contribution is 2.28. The Hall–Kier alpha value is -2.27. The number of carbonyl (C=O) groups is 1. The molecule has 6 heteroatoms. The van der Waals surface area contributed by atoms with Crippen molar-refractivity contribution < 1.29 is 19.0 Å². The van der Waals surface area contributed by atoms with Crippen LogP contribution in [0.4, 0.5) is 0 Å². The fraction of sp³-hybridized carbons (Fsp3) is 0.125. The molecule has 0 amide bonds. The van der Waals surface area contributed by atoms with Gasteiger partial charge in [-0.05, 0) is 59.0 Å². The third-order valence-corrected chi connectivity index (χ3v) is 3.41. The molecule has 5 nitrogen and oxygen atoms in total. The molecule has 0 unspecified atom stereocenters. The first-order valence-electron chi connectivity index (χ1n) is 6.29. The minimum atomic E-state index is -0.554. The SMILES string of the molecule is COc1cc(C#N)ccc1OC(=O)COc1ccc(I)cc1. The maximum Gasteiger partial charge on any atom is 0.349 e. The number of rotatable bonds is 5. The topological polar surface area (TPSA) is 68.5 Å². The van der Waals surface area contributed by atoms with Gasteiger partial charge in [-0.3, -0.25) is 0 Å². The van der Waals surface area contributed by atoms with Crippen LogP contribution in [-0.4, -0.2) is 19.7 Å². The Morgan fingerprint density at radius 2 is 1.91 bits per heavy atom. The predicted molar refractivity (Wildman–Crippen MR) is 88.0 cm³/mol. The van der Waals surface area contributed by atoms with E-state index in [1.54, 1.807) is 18.2 Å². The number of hydrogen-bond acceptors (Lipinski definition) is 5. The number of benzene rings is 2. The Balaban J connectivity index is 1.97. The van der Waals surface area contributed by atoms with Crippen molar-refractivity contribution in [1.82, 2.24) is 0 Å². The normalized spacial score (nSPS) is 9.68. The molecule has 0 aliphatic carbocycles. The monoisotopic (exact) mass is 409 g/mol. The third kappa shape index (κ3) is 4.36. The summed E-state index contributed by atoms with van der Waals surface area (Å²) in [5.41, 5.74) is 0.423. The highest BCUT2D eigenvalue weighted by molar-refractivity contribution is 14.1. The lowest BCUT2D eigenvalue weighted by Crippen LogP contribution is -2.18. The number of methoxy groups -OCH3 is 1. The van der Waals surface area contributed by atoms with Crippen LogP contribution in [0.15, 0.2) is 42.5 Å². The van der Waals surface area contributed by atoms with E-state index < -0.39 is 5.97 Å². The first-order chi connectivity index (χ1) is 10.6. The first-order valence-corrected chi connectivity index (χ1v) is 7.37. The second-order valence-corrected chi connectivity index (χ2v) is 5.44. The molecule has 0 heterocycles. The zero-order valence-electron chi connectivity index (χ0n) is 11.7. The van der Waals surface area contributed by atoms with Crippen molar-refractivity contribution in [2.24, 2.45) is 0 Å². The van der Waals surface area contributed by atoms with E-state index in [1.807, 2.05) is 18.2 Å². The summed E-state index contributed by atoms with van der Waals surface area (Å²) < 4.78 is 16.7. The van der Waals surface area contributed by atoms with Crippen molar-refractivity contribution in [3.05, 3.63) is 51.6 Å². The summed E-state index contributed by atoms with van der Waals surface area (Å²) in [7, 11) is 1.44. The Bertz CT molecular complexity index is 707. The molecule has 0 saturated carbocycles. The van der Waals surface area contributed by atoms with Gasteiger partial charge >= 0.3 is 5.97 Å². The molecule has 0 aliphatic rings. The maximum absolute atomic E-state index is 11.8. The predicted octanol–water partition coefficient (Wildman–Crippen LogP) is 3.16. The van der Waals surface area contributed by atoms with E-state index in [9.17, 15) is 4.79 Å². The number of nitrogens with zero attached hydrogens (tertiary/aromatic N) is 1. The molecule has 0 fully saturated rings. The zero-order valence-corrected chi connectivity index (χ0v) is 13.9. The quantitative estimate of drug-likeness (QED) is 0.431. The number of hydrogen-bond donors (Lipinski definition) is 0. The molecule has 2 rings (SSSR count). The number of carbonyl (C=O) groups excluding carboxylic acids is 1. The van der Waals surface area contributed by atoms with Gasteiger partial charge in [-0.1, -0.05) is 0 Å². The Morgan fingerprint density at radius 1 is 1.18 bits per heavy atom. The van der Waals surface area contributed by atoms with Crippen LogP contribution in [0.1, 0.15) is 5.56 Å². The molecule has 0 N–H and O–H groups in total. The smallest absolute Gasteiger partial charge is 0.349 e. The van der Waals surface area contributed by atoms with Gasteiger partial charge in [0.2, 0.25) is 0 Å². The first kappa shape index (κ1) is 16.1. The van der Waals surface area contributed by atoms with Gasteiger partial charge in [-0.25, -0.2) is 4.79 Å². The fourth-order valence-corrected chi connectivity index (χ4v) is 2.01. The average Bonchev–Trinajstić information content (AvgIpc) is 2.54. The summed E-state index contributed by atoms with van der Waals surface area (Å²) in [5.74, 6) is 0.602. The molecule has 2 aromatic rings. The molecule has 0 aromatic heterocycles. The van der Waals surface area contributed by atoms with Gasteiger partial charge in [0.15, 0.2) is 18.1 Å². The van der Waals surface area contributed by atoms with Crippen molar-refractivity contribution >= 4 is 28.6 Å². The van der Waals surface area contributed by atoms with Crippen molar-refractivity contribution in [3.63, 3.8) is 0 Å². The van der Waals surface area contributed by atoms with Crippen molar-refractivity contribution in [2.75, 3.05) is 13.7 Å². The number of ether oxygens (including phenoxy) is 3. The third-order valence-electron chi connectivity index (χ3n) is 2.69. The second-order valence-electron chi connectivity index (χ2n) is 4.19. The van der Waals surface area contributed by atoms with Crippen LogP contribution < -0.4 is 14.2 Å². The van der Waals surface area contributed by atoms with E-state index in [1.165, 1.54) is 19.2 Å². The van der Waals surface area contributed by atoms with Crippen LogP contribution in [0.2, 0.25) is 0 Å². The van der Waals surface area contributed by atoms with E-state index in [2.05, 4.69) is 22.6 Å². The summed E-state index contributed by atoms with van der Waals surface area (Å²) in [6, 6.07) is 13.9. The van der Waals surface area contributed by atoms with E-state index >= 15 is 0 Å². The summed E-state index contributed by atoms with van der Waals surface area (Å²) in [4.78, 5) is 11.8. The molecule has 0 aliphatic heterocycles. The summed E-state index contributed by atoms with van der Waals surface area (Å²) in [5, 5.41) is 8.83. The van der Waals surface area contributed by atoms with Crippen molar-refractivity contribution in [2.45, 2.75) is 0 Å². The van der Waals surface area contributed by atoms with Crippen LogP contribution in [-0.2, 0) is 4.79 Å². The van der Waals surface area contributed by atoms with E-state index in [0.717, 1.165) is 3.57 Å². The van der Waals surface area contributed by atoms with Gasteiger partial charge in [0.05, 0.1) is 18.7 Å². The van der Waals surface area contributed by atoms with Crippen LogP contribution in [0.3, 0.4) is 0 Å². The molecule has 0 saturated heterocycles. The minimum absolute atomic E-state index is 0.219. The molecule has 2 aromatic carbocycles. The molecule has 112 valence electrons. The lowest BCUT2D eigenvalue weighted by molar-refractivity contribution is -0.136. The van der Waals surface area contributed by atoms with Crippen LogP contribution in [0, 0.1) is 14.9 Å². The standard InChI is InChI=1S/C16H12INO4/c1-20-15-8-11(9-18)2-7-14(15)22-16(19)10-21-13-5-3-12(17)4-6-13/h2-8H,10H2,1H3. The van der Waals surface area contributed by atoms with Gasteiger partial charge in [-0.15, -0.1) is 0 Å². The highest BCUT2D eigenvalue weighted by Gasteiger charge is 2.11. The van der Waals surface area contributed by atoms with Crippen LogP contribution in [0.5, 0.6) is 17.2 Å². The molecule has 0 spiro atoms. The van der Waals surface area contributed by atoms with Gasteiger partial charge < -0.3 is 14.2 Å². The van der Waals surface area contributed by atoms with Crippen LogP contribution in [0.25, 0.3) is 0 Å². The largest absolute Gasteiger partial charge is 0.493 e. The molecule has 0 bridgehead atoms. The molecular formula is C16H12INO4. The Morgan fingerprint density at radius 3 is 2.55 bits per heavy atom. The number of esters is 1. The minimum Gasteiger partial charge on any atom is -0.493 e. The lowest BCUT2D eigenvalue weighted by atomic mass is 10.2. The van der Waals surface area contributed by atoms with Crippen LogP contribution >= 0.6 is 22.6 Å². The Labute approximate surface area is 141 Å². The van der Waals surface area contributed by atoms with E-state index in [-0.39, 0.29) is 12.4 Å². The zero-order chi connectivity index (χ0) is 15.9. The summed E-state index contributed by atoms with van der Waals surface area (Å²) in [6.45, 7) is -0.219. The molecule has 0 radical (unpaired) electrons. The van der Waals surface area contributed by atoms with Gasteiger partial charge in [0.1, 0.15) is 5.75 Å². The van der Waals surface area contributed by atoms with Gasteiger partial charge in [-0.2, -0.15) is 5.26 Å². The molecule has 0 atom stereocenters. The number of halogens is 1. The lowest BCUT2D eigenvalue weighted by Gasteiger charge is -2.10. The van der Waals surface area contributed by atoms with Gasteiger partial charge in [0.25, 0.3) is 0 Å². The maximum atomic E-state index is 11.8. The van der Waals surface area contributed by atoms with Crippen molar-refractivity contribution in [1.29, 1.82) is 5.26 Å². The molecular weight excluding hydrogens is 397 g/mol. The fourth-order valence-electron chi connectivity index (χ4n) is 1.65. The second kappa shape index (κ2) is 7.66.